The number of ether oxygens (including phenoxy) is 1. The number of hydrogen-bond acceptors (Lipinski definition) is 2. The summed E-state index contributed by atoms with van der Waals surface area (Å²) >= 11 is 0. The molecular weight excluding hydrogens is 296 g/mol. The number of cyclic esters (lactones) is 1. The Morgan fingerprint density at radius 3 is 2.42 bits per heavy atom. The zero-order valence-electron chi connectivity index (χ0n) is 15.8. The second kappa shape index (κ2) is 10.7. The molecule has 2 nitrogen and oxygen atoms in total. The highest BCUT2D eigenvalue weighted by Gasteiger charge is 2.22. The molecule has 0 radical (unpaired) electrons. The van der Waals surface area contributed by atoms with Crippen molar-refractivity contribution < 1.29 is 9.53 Å². The van der Waals surface area contributed by atoms with Crippen LogP contribution in [-0.4, -0.2) is 12.6 Å². The van der Waals surface area contributed by atoms with Gasteiger partial charge >= 0.3 is 5.97 Å². The topological polar surface area (TPSA) is 26.3 Å². The van der Waals surface area contributed by atoms with E-state index in [9.17, 15) is 4.79 Å². The van der Waals surface area contributed by atoms with Gasteiger partial charge in [-0.2, -0.15) is 0 Å². The Kier molecular flexibility index (Phi) is 8.63. The number of carbonyl (C=O) groups is 1. The van der Waals surface area contributed by atoms with E-state index in [0.717, 1.165) is 31.6 Å². The predicted octanol–water partition coefficient (Wildman–Crippen LogP) is 6.36. The number of esters is 1. The van der Waals surface area contributed by atoms with Crippen LogP contribution >= 0.6 is 0 Å². The van der Waals surface area contributed by atoms with Crippen molar-refractivity contribution in [3.05, 3.63) is 23.3 Å². The molecule has 1 aliphatic heterocycles. The molecule has 1 heterocycles. The standard InChI is InChI=1S/C17H26O2.C5H10/c1-14(15-10-6-11-15)8-4-2-3-5-9-16-12-7-13-19-17(16)18;1-5-3-2-4-5/h3,5,16H,2,4,6-13H2,1H3;5H,2-4H2,1H3/b5-3+;. The van der Waals surface area contributed by atoms with Crippen molar-refractivity contribution in [1.82, 2.24) is 0 Å². The van der Waals surface area contributed by atoms with E-state index < -0.39 is 0 Å². The van der Waals surface area contributed by atoms with Gasteiger partial charge in [0.1, 0.15) is 0 Å². The van der Waals surface area contributed by atoms with Gasteiger partial charge in [-0.1, -0.05) is 49.5 Å². The zero-order valence-corrected chi connectivity index (χ0v) is 15.8. The first-order valence-corrected chi connectivity index (χ1v) is 10.2. The minimum atomic E-state index is 0.00135. The molecule has 1 unspecified atom stereocenters. The molecule has 0 aromatic carbocycles. The number of hydrogen-bond donors (Lipinski definition) is 0. The van der Waals surface area contributed by atoms with E-state index in [4.69, 9.17) is 4.74 Å². The van der Waals surface area contributed by atoms with Gasteiger partial charge in [-0.15, -0.1) is 0 Å². The minimum absolute atomic E-state index is 0.00135. The third-order valence-corrected chi connectivity index (χ3v) is 5.74. The molecule has 24 heavy (non-hydrogen) atoms. The van der Waals surface area contributed by atoms with Gasteiger partial charge in [0.05, 0.1) is 12.5 Å². The summed E-state index contributed by atoms with van der Waals surface area (Å²) in [5, 5.41) is 0. The molecule has 2 aliphatic carbocycles. The fraction of sp³-hybridized carbons (Fsp3) is 0.773. The lowest BCUT2D eigenvalue weighted by molar-refractivity contribution is -0.152. The summed E-state index contributed by atoms with van der Waals surface area (Å²) in [6, 6.07) is 0. The Morgan fingerprint density at radius 1 is 1.12 bits per heavy atom. The second-order valence-electron chi connectivity index (χ2n) is 7.88. The average Bonchev–Trinajstić information content (AvgIpc) is 2.49. The number of rotatable bonds is 6. The molecule has 136 valence electrons. The minimum Gasteiger partial charge on any atom is -0.465 e. The van der Waals surface area contributed by atoms with Gasteiger partial charge in [0, 0.05) is 0 Å². The van der Waals surface area contributed by atoms with Crippen molar-refractivity contribution >= 4 is 5.97 Å². The second-order valence-corrected chi connectivity index (χ2v) is 7.88. The van der Waals surface area contributed by atoms with Crippen LogP contribution in [0.3, 0.4) is 0 Å². The molecule has 2 heteroatoms. The van der Waals surface area contributed by atoms with E-state index in [-0.39, 0.29) is 11.9 Å². The molecule has 1 saturated heterocycles. The van der Waals surface area contributed by atoms with Gasteiger partial charge in [0.15, 0.2) is 0 Å². The first-order chi connectivity index (χ1) is 11.7. The Bertz CT molecular complexity index is 437. The summed E-state index contributed by atoms with van der Waals surface area (Å²) in [4.78, 5) is 11.5. The van der Waals surface area contributed by atoms with Gasteiger partial charge in [0.2, 0.25) is 0 Å². The number of carbonyl (C=O) groups excluding carboxylic acids is 1. The lowest BCUT2D eigenvalue weighted by atomic mass is 9.87. The number of allylic oxidation sites excluding steroid dienone is 4. The van der Waals surface area contributed by atoms with Gasteiger partial charge in [-0.3, -0.25) is 4.79 Å². The summed E-state index contributed by atoms with van der Waals surface area (Å²) in [5.74, 6) is 1.18. The average molecular weight is 333 g/mol. The van der Waals surface area contributed by atoms with Crippen LogP contribution < -0.4 is 0 Å². The van der Waals surface area contributed by atoms with E-state index in [1.807, 2.05) is 0 Å². The van der Waals surface area contributed by atoms with Gasteiger partial charge < -0.3 is 4.74 Å². The largest absolute Gasteiger partial charge is 0.465 e. The van der Waals surface area contributed by atoms with Crippen LogP contribution in [0.4, 0.5) is 0 Å². The Hall–Kier alpha value is -1.05. The van der Waals surface area contributed by atoms with Crippen LogP contribution in [0.5, 0.6) is 0 Å². The van der Waals surface area contributed by atoms with Crippen LogP contribution in [0.1, 0.15) is 90.9 Å². The van der Waals surface area contributed by atoms with E-state index in [0.29, 0.717) is 6.61 Å². The van der Waals surface area contributed by atoms with Gasteiger partial charge in [-0.05, 0) is 70.6 Å². The molecule has 3 aliphatic rings. The smallest absolute Gasteiger partial charge is 0.309 e. The summed E-state index contributed by atoms with van der Waals surface area (Å²) in [6.45, 7) is 5.22. The summed E-state index contributed by atoms with van der Waals surface area (Å²) in [5.41, 5.74) is 3.32. The maximum Gasteiger partial charge on any atom is 0.309 e. The highest BCUT2D eigenvalue weighted by Crippen LogP contribution is 2.30. The molecule has 0 aromatic rings. The van der Waals surface area contributed by atoms with Crippen LogP contribution in [0.2, 0.25) is 0 Å². The van der Waals surface area contributed by atoms with Gasteiger partial charge in [-0.25, -0.2) is 0 Å². The molecule has 3 fully saturated rings. The highest BCUT2D eigenvalue weighted by atomic mass is 16.5. The maximum absolute atomic E-state index is 11.5. The quantitative estimate of drug-likeness (QED) is 0.321. The van der Waals surface area contributed by atoms with Gasteiger partial charge in [0.25, 0.3) is 0 Å². The van der Waals surface area contributed by atoms with Crippen molar-refractivity contribution in [2.45, 2.75) is 90.9 Å². The molecule has 0 amide bonds. The van der Waals surface area contributed by atoms with Crippen molar-refractivity contribution in [3.8, 4) is 0 Å². The zero-order chi connectivity index (χ0) is 17.2. The van der Waals surface area contributed by atoms with Crippen LogP contribution in [0, 0.1) is 11.8 Å². The Labute approximate surface area is 148 Å². The maximum atomic E-state index is 11.5. The predicted molar refractivity (Wildman–Crippen MR) is 101 cm³/mol. The van der Waals surface area contributed by atoms with E-state index in [1.165, 1.54) is 51.4 Å². The van der Waals surface area contributed by atoms with E-state index >= 15 is 0 Å². The lowest BCUT2D eigenvalue weighted by Gasteiger charge is -2.20. The molecule has 2 saturated carbocycles. The van der Waals surface area contributed by atoms with Crippen molar-refractivity contribution in [2.24, 2.45) is 11.8 Å². The highest BCUT2D eigenvalue weighted by molar-refractivity contribution is 5.73. The third kappa shape index (κ3) is 6.83. The molecular formula is C22H36O2. The third-order valence-electron chi connectivity index (χ3n) is 5.74. The monoisotopic (exact) mass is 332 g/mol. The van der Waals surface area contributed by atoms with Crippen molar-refractivity contribution in [3.63, 3.8) is 0 Å². The fourth-order valence-electron chi connectivity index (χ4n) is 3.39. The lowest BCUT2D eigenvalue weighted by Crippen LogP contribution is -2.23. The van der Waals surface area contributed by atoms with Crippen molar-refractivity contribution in [2.75, 3.05) is 6.61 Å². The fourth-order valence-corrected chi connectivity index (χ4v) is 3.39. The summed E-state index contributed by atoms with van der Waals surface area (Å²) in [7, 11) is 0. The molecule has 0 aromatic heterocycles. The van der Waals surface area contributed by atoms with E-state index in [2.05, 4.69) is 26.0 Å². The van der Waals surface area contributed by atoms with Crippen LogP contribution in [0.25, 0.3) is 0 Å². The first kappa shape index (κ1) is 19.3. The molecule has 3 rings (SSSR count). The normalized spacial score (nSPS) is 23.8. The van der Waals surface area contributed by atoms with Crippen LogP contribution in [0.15, 0.2) is 23.3 Å². The van der Waals surface area contributed by atoms with E-state index in [1.54, 1.807) is 11.1 Å². The first-order valence-electron chi connectivity index (χ1n) is 10.2. The van der Waals surface area contributed by atoms with Crippen LogP contribution in [-0.2, 0) is 9.53 Å². The summed E-state index contributed by atoms with van der Waals surface area (Å²) < 4.78 is 5.07. The molecule has 1 atom stereocenters. The SMILES string of the molecule is CC(CCC/C=C/CC1CCCOC1=O)=C1CCC1.CC1CCC1. The molecule has 0 spiro atoms. The molecule has 0 bridgehead atoms. The Balaban J connectivity index is 0.000000355. The molecule has 0 N–H and O–H groups in total. The Morgan fingerprint density at radius 2 is 1.88 bits per heavy atom. The van der Waals surface area contributed by atoms with Crippen molar-refractivity contribution in [1.29, 1.82) is 0 Å². The summed E-state index contributed by atoms with van der Waals surface area (Å²) in [6.07, 6.45) is 19.4. The number of unbranched alkanes of at least 4 members (excludes halogenated alkanes) is 1.